The van der Waals surface area contributed by atoms with Crippen LogP contribution in [0.15, 0.2) is 47.8 Å². The Bertz CT molecular complexity index is 815. The Morgan fingerprint density at radius 1 is 1.26 bits per heavy atom. The molecule has 0 atom stereocenters. The average Bonchev–Trinajstić information content (AvgIpc) is 3.17. The Kier molecular flexibility index (Phi) is 4.18. The van der Waals surface area contributed by atoms with Crippen LogP contribution in [-0.2, 0) is 13.1 Å². The molecule has 23 heavy (non-hydrogen) atoms. The minimum atomic E-state index is -0.150. The summed E-state index contributed by atoms with van der Waals surface area (Å²) >= 11 is 0. The van der Waals surface area contributed by atoms with E-state index in [1.165, 1.54) is 0 Å². The van der Waals surface area contributed by atoms with Gasteiger partial charge in [0.2, 0.25) is 0 Å². The molecule has 7 nitrogen and oxygen atoms in total. The summed E-state index contributed by atoms with van der Waals surface area (Å²) in [4.78, 5) is 19.1. The molecule has 0 saturated heterocycles. The Labute approximate surface area is 133 Å². The van der Waals surface area contributed by atoms with Gasteiger partial charge in [-0.15, -0.1) is 0 Å². The van der Waals surface area contributed by atoms with Gasteiger partial charge >= 0.3 is 5.69 Å². The van der Waals surface area contributed by atoms with Gasteiger partial charge in [-0.2, -0.15) is 0 Å². The number of nitrogens with one attached hydrogen (secondary N) is 2. The van der Waals surface area contributed by atoms with Crippen LogP contribution in [0.3, 0.4) is 0 Å². The van der Waals surface area contributed by atoms with Crippen LogP contribution in [0, 0.1) is 0 Å². The van der Waals surface area contributed by atoms with Crippen LogP contribution in [0.2, 0.25) is 0 Å². The summed E-state index contributed by atoms with van der Waals surface area (Å²) in [5.74, 6) is 0.868. The van der Waals surface area contributed by atoms with E-state index in [-0.39, 0.29) is 11.4 Å². The molecule has 0 bridgehead atoms. The number of aryl methyl sites for hydroxylation is 1. The molecule has 0 unspecified atom stereocenters. The number of nitrogens with zero attached hydrogens (tertiary/aromatic N) is 3. The Morgan fingerprint density at radius 2 is 2.04 bits per heavy atom. The second kappa shape index (κ2) is 6.43. The first-order valence-corrected chi connectivity index (χ1v) is 7.44. The number of phenols is 1. The molecule has 2 heterocycles. The van der Waals surface area contributed by atoms with Crippen molar-refractivity contribution >= 4 is 5.82 Å². The van der Waals surface area contributed by atoms with E-state index in [1.54, 1.807) is 48.4 Å². The molecule has 3 N–H and O–H groups in total. The van der Waals surface area contributed by atoms with Gasteiger partial charge in [-0.1, -0.05) is 0 Å². The number of hydrogen-bond acceptors (Lipinski definition) is 4. The van der Waals surface area contributed by atoms with Crippen molar-refractivity contribution in [2.75, 3.05) is 12.4 Å². The molecule has 3 rings (SSSR count). The van der Waals surface area contributed by atoms with E-state index in [1.807, 2.05) is 10.8 Å². The molecule has 0 fully saturated rings. The molecular formula is C16H19N5O2. The molecule has 0 spiro atoms. The van der Waals surface area contributed by atoms with Crippen molar-refractivity contribution in [1.82, 2.24) is 19.1 Å². The van der Waals surface area contributed by atoms with Crippen molar-refractivity contribution in [2.24, 2.45) is 0 Å². The number of rotatable bonds is 6. The van der Waals surface area contributed by atoms with Crippen molar-refractivity contribution in [1.29, 1.82) is 0 Å². The van der Waals surface area contributed by atoms with Gasteiger partial charge in [0.25, 0.3) is 0 Å². The molecule has 0 saturated carbocycles. The second-order valence-electron chi connectivity index (χ2n) is 5.26. The lowest BCUT2D eigenvalue weighted by Gasteiger charge is -2.10. The third kappa shape index (κ3) is 3.13. The number of anilines is 1. The summed E-state index contributed by atoms with van der Waals surface area (Å²) in [5.41, 5.74) is 1.51. The third-order valence-corrected chi connectivity index (χ3v) is 3.73. The zero-order valence-corrected chi connectivity index (χ0v) is 12.9. The van der Waals surface area contributed by atoms with Crippen molar-refractivity contribution < 1.29 is 5.11 Å². The number of phenolic OH excluding ortho intramolecular Hbond substituents is 1. The molecule has 7 heteroatoms. The van der Waals surface area contributed by atoms with Gasteiger partial charge in [0.15, 0.2) is 0 Å². The molecule has 1 aromatic carbocycles. The van der Waals surface area contributed by atoms with Crippen LogP contribution in [-0.4, -0.2) is 31.3 Å². The fourth-order valence-corrected chi connectivity index (χ4v) is 2.61. The summed E-state index contributed by atoms with van der Waals surface area (Å²) in [7, 11) is 1.77. The standard InChI is InChI=1S/C16H19N5O2/c1-17-15-14(12-3-5-13(22)6-4-12)21(16(23)19-15)9-2-8-20-10-7-18-11-20/h3-7,10-11,17,22H,2,8-9H2,1H3,(H,19,23). The zero-order valence-electron chi connectivity index (χ0n) is 12.9. The van der Waals surface area contributed by atoms with Gasteiger partial charge in [0.05, 0.1) is 12.0 Å². The summed E-state index contributed by atoms with van der Waals surface area (Å²) in [6.45, 7) is 1.38. The van der Waals surface area contributed by atoms with Crippen LogP contribution < -0.4 is 11.0 Å². The first-order valence-electron chi connectivity index (χ1n) is 7.44. The Morgan fingerprint density at radius 3 is 2.70 bits per heavy atom. The molecule has 120 valence electrons. The molecule has 0 amide bonds. The van der Waals surface area contributed by atoms with E-state index in [4.69, 9.17) is 0 Å². The highest BCUT2D eigenvalue weighted by Gasteiger charge is 2.15. The van der Waals surface area contributed by atoms with E-state index < -0.39 is 0 Å². The van der Waals surface area contributed by atoms with Crippen LogP contribution in [0.4, 0.5) is 5.82 Å². The number of imidazole rings is 2. The van der Waals surface area contributed by atoms with Crippen LogP contribution in [0.5, 0.6) is 5.75 Å². The number of aromatic hydroxyl groups is 1. The molecule has 0 radical (unpaired) electrons. The number of benzene rings is 1. The minimum Gasteiger partial charge on any atom is -0.508 e. The molecule has 0 aliphatic rings. The Hall–Kier alpha value is -2.96. The fraction of sp³-hybridized carbons (Fsp3) is 0.250. The van der Waals surface area contributed by atoms with Crippen LogP contribution >= 0.6 is 0 Å². The van der Waals surface area contributed by atoms with Crippen molar-refractivity contribution in [3.05, 3.63) is 53.5 Å². The van der Waals surface area contributed by atoms with Crippen LogP contribution in [0.1, 0.15) is 6.42 Å². The largest absolute Gasteiger partial charge is 0.508 e. The first kappa shape index (κ1) is 15.0. The van der Waals surface area contributed by atoms with Gasteiger partial charge in [-0.3, -0.25) is 9.55 Å². The highest BCUT2D eigenvalue weighted by molar-refractivity contribution is 5.72. The van der Waals surface area contributed by atoms with Crippen LogP contribution in [0.25, 0.3) is 11.3 Å². The van der Waals surface area contributed by atoms with Gasteiger partial charge in [0.1, 0.15) is 11.6 Å². The van der Waals surface area contributed by atoms with E-state index in [9.17, 15) is 9.90 Å². The zero-order chi connectivity index (χ0) is 16.2. The van der Waals surface area contributed by atoms with Gasteiger partial charge in [-0.05, 0) is 30.7 Å². The van der Waals surface area contributed by atoms with E-state index in [0.29, 0.717) is 12.4 Å². The number of aromatic nitrogens is 4. The maximum absolute atomic E-state index is 12.3. The van der Waals surface area contributed by atoms with E-state index >= 15 is 0 Å². The highest BCUT2D eigenvalue weighted by Crippen LogP contribution is 2.27. The molecule has 0 aliphatic carbocycles. The van der Waals surface area contributed by atoms with E-state index in [0.717, 1.165) is 24.2 Å². The summed E-state index contributed by atoms with van der Waals surface area (Å²) in [6, 6.07) is 6.82. The number of H-pyrrole nitrogens is 1. The molecule has 2 aromatic heterocycles. The predicted molar refractivity (Wildman–Crippen MR) is 88.5 cm³/mol. The van der Waals surface area contributed by atoms with Gasteiger partial charge in [-0.25, -0.2) is 9.78 Å². The summed E-state index contributed by atoms with van der Waals surface area (Å²) in [6.07, 6.45) is 6.21. The normalized spacial score (nSPS) is 10.8. The van der Waals surface area contributed by atoms with Gasteiger partial charge in [0, 0.05) is 38.1 Å². The Balaban J connectivity index is 1.88. The molecule has 3 aromatic rings. The second-order valence-corrected chi connectivity index (χ2v) is 5.26. The monoisotopic (exact) mass is 313 g/mol. The quantitative estimate of drug-likeness (QED) is 0.648. The first-order chi connectivity index (χ1) is 11.2. The average molecular weight is 313 g/mol. The summed E-state index contributed by atoms with van der Waals surface area (Å²) in [5, 5.41) is 12.5. The predicted octanol–water partition coefficient (Wildman–Crippen LogP) is 1.88. The number of hydrogen-bond donors (Lipinski definition) is 3. The minimum absolute atomic E-state index is 0.150. The van der Waals surface area contributed by atoms with Crippen molar-refractivity contribution in [2.45, 2.75) is 19.5 Å². The van der Waals surface area contributed by atoms with Crippen molar-refractivity contribution in [3.63, 3.8) is 0 Å². The maximum Gasteiger partial charge on any atom is 0.327 e. The number of aromatic amines is 1. The summed E-state index contributed by atoms with van der Waals surface area (Å²) < 4.78 is 3.70. The maximum atomic E-state index is 12.3. The lowest BCUT2D eigenvalue weighted by molar-refractivity contribution is 0.475. The third-order valence-electron chi connectivity index (χ3n) is 3.73. The fourth-order valence-electron chi connectivity index (χ4n) is 2.61. The van der Waals surface area contributed by atoms with E-state index in [2.05, 4.69) is 15.3 Å². The lowest BCUT2D eigenvalue weighted by atomic mass is 10.1. The topological polar surface area (TPSA) is 87.9 Å². The molecular weight excluding hydrogens is 294 g/mol. The lowest BCUT2D eigenvalue weighted by Crippen LogP contribution is -2.18. The molecule has 0 aliphatic heterocycles. The van der Waals surface area contributed by atoms with Gasteiger partial charge < -0.3 is 15.0 Å². The highest BCUT2D eigenvalue weighted by atomic mass is 16.3. The van der Waals surface area contributed by atoms with Crippen molar-refractivity contribution in [3.8, 4) is 17.0 Å². The SMILES string of the molecule is CNc1[nH]c(=O)n(CCCn2ccnc2)c1-c1ccc(O)cc1. The smallest absolute Gasteiger partial charge is 0.327 e.